The molecule has 0 bridgehead atoms. The highest BCUT2D eigenvalue weighted by molar-refractivity contribution is 7.85. The lowest BCUT2D eigenvalue weighted by atomic mass is 9.98. The van der Waals surface area contributed by atoms with Crippen molar-refractivity contribution in [2.24, 2.45) is 0 Å². The van der Waals surface area contributed by atoms with Gasteiger partial charge in [0, 0.05) is 19.0 Å². The number of ether oxygens (including phenoxy) is 2. The third-order valence-corrected chi connectivity index (χ3v) is 7.26. The number of rotatable bonds is 10. The van der Waals surface area contributed by atoms with Crippen molar-refractivity contribution >= 4 is 27.9 Å². The molecule has 0 unspecified atom stereocenters. The van der Waals surface area contributed by atoms with E-state index in [1.807, 2.05) is 48.5 Å². The Morgan fingerprint density at radius 3 is 2.21 bits per heavy atom. The van der Waals surface area contributed by atoms with E-state index in [0.29, 0.717) is 5.56 Å². The third kappa shape index (κ3) is 6.04. The number of carbonyl (C=O) groups excluding carboxylic acids is 2. The van der Waals surface area contributed by atoms with Gasteiger partial charge in [0.15, 0.2) is 0 Å². The summed E-state index contributed by atoms with van der Waals surface area (Å²) in [6, 6.07) is 20.0. The maximum absolute atomic E-state index is 13.4. The zero-order valence-electron chi connectivity index (χ0n) is 21.2. The van der Waals surface area contributed by atoms with Crippen molar-refractivity contribution in [3.05, 3.63) is 83.4 Å². The van der Waals surface area contributed by atoms with Crippen LogP contribution in [-0.4, -0.2) is 57.9 Å². The lowest BCUT2D eigenvalue weighted by Crippen LogP contribution is -2.39. The van der Waals surface area contributed by atoms with Crippen LogP contribution in [0.15, 0.2) is 71.6 Å². The van der Waals surface area contributed by atoms with Crippen LogP contribution in [0.3, 0.4) is 0 Å². The van der Waals surface area contributed by atoms with Gasteiger partial charge in [0.1, 0.15) is 6.61 Å². The van der Waals surface area contributed by atoms with Crippen LogP contribution in [0.4, 0.5) is 10.5 Å². The van der Waals surface area contributed by atoms with E-state index in [4.69, 9.17) is 9.47 Å². The first-order valence-electron chi connectivity index (χ1n) is 12.3. The fourth-order valence-electron chi connectivity index (χ4n) is 4.62. The normalized spacial score (nSPS) is 12.5. The van der Waals surface area contributed by atoms with Crippen molar-refractivity contribution < 1.29 is 32.0 Å². The maximum Gasteiger partial charge on any atom is 0.414 e. The van der Waals surface area contributed by atoms with E-state index in [2.05, 4.69) is 5.32 Å². The van der Waals surface area contributed by atoms with Crippen LogP contribution in [0.2, 0.25) is 0 Å². The van der Waals surface area contributed by atoms with Gasteiger partial charge < -0.3 is 14.8 Å². The van der Waals surface area contributed by atoms with Gasteiger partial charge in [-0.25, -0.2) is 4.79 Å². The van der Waals surface area contributed by atoms with Crippen molar-refractivity contribution in [1.82, 2.24) is 5.32 Å². The topological polar surface area (TPSA) is 122 Å². The van der Waals surface area contributed by atoms with E-state index in [1.54, 1.807) is 13.8 Å². The van der Waals surface area contributed by atoms with Crippen molar-refractivity contribution in [1.29, 1.82) is 0 Å². The Balaban J connectivity index is 1.56. The maximum atomic E-state index is 13.4. The number of nitrogens with zero attached hydrogens (tertiary/aromatic N) is 1. The highest BCUT2D eigenvalue weighted by Gasteiger charge is 2.30. The number of aryl methyl sites for hydroxylation is 1. The number of anilines is 1. The molecule has 0 saturated heterocycles. The molecule has 38 heavy (non-hydrogen) atoms. The second-order valence-electron chi connectivity index (χ2n) is 8.86. The second kappa shape index (κ2) is 11.8. The molecule has 0 radical (unpaired) electrons. The van der Waals surface area contributed by atoms with Gasteiger partial charge >= 0.3 is 12.1 Å². The van der Waals surface area contributed by atoms with Gasteiger partial charge in [-0.1, -0.05) is 54.6 Å². The molecule has 0 saturated carbocycles. The van der Waals surface area contributed by atoms with Crippen LogP contribution in [0.5, 0.6) is 0 Å². The molecule has 2 N–H and O–H groups in total. The molecular formula is C28H30N2O7S. The van der Waals surface area contributed by atoms with Crippen molar-refractivity contribution in [3.63, 3.8) is 0 Å². The summed E-state index contributed by atoms with van der Waals surface area (Å²) in [7, 11) is -4.49. The van der Waals surface area contributed by atoms with Crippen LogP contribution in [0, 0.1) is 6.92 Å². The summed E-state index contributed by atoms with van der Waals surface area (Å²) in [6.07, 6.45) is -0.680. The number of amides is 1. The van der Waals surface area contributed by atoms with E-state index < -0.39 is 22.2 Å². The molecule has 10 heteroatoms. The van der Waals surface area contributed by atoms with Crippen molar-refractivity contribution in [2.45, 2.75) is 24.7 Å². The molecular weight excluding hydrogens is 508 g/mol. The lowest BCUT2D eigenvalue weighted by molar-refractivity contribution is -0.141. The largest absolute Gasteiger partial charge is 0.465 e. The Labute approximate surface area is 222 Å². The van der Waals surface area contributed by atoms with E-state index in [-0.39, 0.29) is 49.3 Å². The number of hydrogen-bond acceptors (Lipinski definition) is 7. The smallest absolute Gasteiger partial charge is 0.414 e. The monoisotopic (exact) mass is 538 g/mol. The first kappa shape index (κ1) is 27.3. The summed E-state index contributed by atoms with van der Waals surface area (Å²) >= 11 is 0. The predicted molar refractivity (Wildman–Crippen MR) is 143 cm³/mol. The fourth-order valence-corrected chi connectivity index (χ4v) is 5.12. The minimum Gasteiger partial charge on any atom is -0.465 e. The number of fused-ring (bicyclic) bond motifs is 3. The molecule has 0 spiro atoms. The van der Waals surface area contributed by atoms with E-state index in [1.165, 1.54) is 23.1 Å². The minimum atomic E-state index is -4.49. The van der Waals surface area contributed by atoms with Gasteiger partial charge in [0.2, 0.25) is 0 Å². The summed E-state index contributed by atoms with van der Waals surface area (Å²) in [5.41, 5.74) is 5.20. The molecule has 0 fully saturated rings. The summed E-state index contributed by atoms with van der Waals surface area (Å²) < 4.78 is 43.8. The molecule has 1 aliphatic carbocycles. The number of hydrogen-bond donors (Lipinski definition) is 2. The summed E-state index contributed by atoms with van der Waals surface area (Å²) in [6.45, 7) is 4.01. The highest BCUT2D eigenvalue weighted by Crippen LogP contribution is 2.44. The average Bonchev–Trinajstić information content (AvgIpc) is 3.21. The Hall–Kier alpha value is -3.73. The third-order valence-electron chi connectivity index (χ3n) is 6.41. The molecule has 3 aromatic rings. The number of carbonyl (C=O) groups is 2. The van der Waals surface area contributed by atoms with Gasteiger partial charge in [-0.05, 0) is 53.8 Å². The number of benzene rings is 3. The van der Waals surface area contributed by atoms with Gasteiger partial charge in [-0.15, -0.1) is 0 Å². The van der Waals surface area contributed by atoms with Gasteiger partial charge in [-0.2, -0.15) is 8.42 Å². The zero-order valence-corrected chi connectivity index (χ0v) is 22.0. The fraction of sp³-hybridized carbons (Fsp3) is 0.286. The van der Waals surface area contributed by atoms with Crippen LogP contribution in [0.25, 0.3) is 11.1 Å². The zero-order chi connectivity index (χ0) is 27.3. The van der Waals surface area contributed by atoms with E-state index >= 15 is 0 Å². The first-order valence-corrected chi connectivity index (χ1v) is 13.7. The number of nitrogens with one attached hydrogen (secondary N) is 1. The van der Waals surface area contributed by atoms with E-state index in [9.17, 15) is 22.6 Å². The Bertz CT molecular complexity index is 1390. The Morgan fingerprint density at radius 1 is 0.974 bits per heavy atom. The van der Waals surface area contributed by atoms with Gasteiger partial charge in [0.05, 0.1) is 23.7 Å². The molecule has 0 heterocycles. The molecule has 0 aromatic heterocycles. The van der Waals surface area contributed by atoms with Crippen molar-refractivity contribution in [3.8, 4) is 11.1 Å². The molecule has 1 aliphatic rings. The molecule has 4 rings (SSSR count). The molecule has 0 atom stereocenters. The minimum absolute atomic E-state index is 0.0452. The lowest BCUT2D eigenvalue weighted by Gasteiger charge is -2.25. The predicted octanol–water partition coefficient (Wildman–Crippen LogP) is 4.15. The number of esters is 1. The summed E-state index contributed by atoms with van der Waals surface area (Å²) in [5, 5.41) is 2.92. The molecule has 0 aliphatic heterocycles. The molecule has 200 valence electrons. The first-order chi connectivity index (χ1) is 18.2. The summed E-state index contributed by atoms with van der Waals surface area (Å²) in [4.78, 5) is 26.1. The highest BCUT2D eigenvalue weighted by atomic mass is 32.2. The average molecular weight is 539 g/mol. The molecule has 1 amide bonds. The Kier molecular flexibility index (Phi) is 8.45. The van der Waals surface area contributed by atoms with Crippen molar-refractivity contribution in [2.75, 3.05) is 37.7 Å². The summed E-state index contributed by atoms with van der Waals surface area (Å²) in [5.74, 6) is -0.579. The molecule has 3 aromatic carbocycles. The standard InChI is InChI=1S/C28H30N2O7S/c1-3-36-27(31)17-29-14-15-30(26-16-20(38(33,34)35)13-12-19(26)2)28(32)37-18-25-23-10-6-4-8-21(23)22-9-5-7-11-24(22)25/h4-13,16,25,29H,3,14-15,17-18H2,1-2H3,(H,33,34,35). The van der Waals surface area contributed by atoms with Crippen LogP contribution >= 0.6 is 0 Å². The van der Waals surface area contributed by atoms with E-state index in [0.717, 1.165) is 22.3 Å². The Morgan fingerprint density at radius 2 is 1.61 bits per heavy atom. The SMILES string of the molecule is CCOC(=O)CNCCN(C(=O)OCC1c2ccccc2-c2ccccc21)c1cc(S(=O)(=O)O)ccc1C. The molecule has 9 nitrogen and oxygen atoms in total. The van der Waals surface area contributed by atoms with Crippen LogP contribution in [-0.2, 0) is 24.4 Å². The second-order valence-corrected chi connectivity index (χ2v) is 10.3. The van der Waals surface area contributed by atoms with Crippen LogP contribution < -0.4 is 10.2 Å². The van der Waals surface area contributed by atoms with Gasteiger partial charge in [-0.3, -0.25) is 14.2 Å². The van der Waals surface area contributed by atoms with Crippen LogP contribution in [0.1, 0.15) is 29.5 Å². The van der Waals surface area contributed by atoms with Gasteiger partial charge in [0.25, 0.3) is 10.1 Å². The quantitative estimate of drug-likeness (QED) is 0.224.